The van der Waals surface area contributed by atoms with Crippen molar-refractivity contribution in [1.82, 2.24) is 0 Å². The van der Waals surface area contributed by atoms with Gasteiger partial charge >= 0.3 is 7.23 Å². The van der Waals surface area contributed by atoms with Gasteiger partial charge in [-0.3, -0.25) is 0 Å². The SMILES string of the molecule is [B][C@@H]1O[C@H](CO[P+](=O)[S-])C(OC)[C@@H]1OC. The summed E-state index contributed by atoms with van der Waals surface area (Å²) in [5.74, 6) is 0. The van der Waals surface area contributed by atoms with Crippen LogP contribution in [0.25, 0.3) is 0 Å². The van der Waals surface area contributed by atoms with Crippen molar-refractivity contribution in [3.8, 4) is 0 Å². The van der Waals surface area contributed by atoms with Crippen molar-refractivity contribution in [2.45, 2.75) is 24.3 Å². The minimum absolute atomic E-state index is 0.0881. The molecule has 1 heterocycles. The number of hydrogen-bond donors (Lipinski definition) is 0. The molecule has 1 aliphatic heterocycles. The summed E-state index contributed by atoms with van der Waals surface area (Å²) in [6, 6.07) is -0.573. The molecule has 2 unspecified atom stereocenters. The van der Waals surface area contributed by atoms with Crippen molar-refractivity contribution in [1.29, 1.82) is 0 Å². The minimum atomic E-state index is -2.06. The fraction of sp³-hybridized carbons (Fsp3) is 1.00. The van der Waals surface area contributed by atoms with Crippen LogP contribution in [-0.2, 0) is 35.5 Å². The van der Waals surface area contributed by atoms with Crippen molar-refractivity contribution in [3.63, 3.8) is 0 Å². The van der Waals surface area contributed by atoms with Gasteiger partial charge in [-0.2, -0.15) is 4.52 Å². The van der Waals surface area contributed by atoms with E-state index in [4.69, 9.17) is 26.6 Å². The molecule has 0 aromatic carbocycles. The van der Waals surface area contributed by atoms with Gasteiger partial charge in [0.15, 0.2) is 0 Å². The third-order valence-electron chi connectivity index (χ3n) is 2.23. The maximum absolute atomic E-state index is 10.6. The van der Waals surface area contributed by atoms with Gasteiger partial charge in [0.25, 0.3) is 0 Å². The summed E-state index contributed by atoms with van der Waals surface area (Å²) in [6.45, 7) is 0.0881. The molecule has 5 atom stereocenters. The maximum Gasteiger partial charge on any atom is 0.372 e. The zero-order chi connectivity index (χ0) is 11.4. The van der Waals surface area contributed by atoms with E-state index < -0.39 is 19.3 Å². The van der Waals surface area contributed by atoms with Gasteiger partial charge in [-0.1, -0.05) is 4.57 Å². The Labute approximate surface area is 96.2 Å². The highest BCUT2D eigenvalue weighted by atomic mass is 32.7. The molecule has 1 aliphatic rings. The van der Waals surface area contributed by atoms with Gasteiger partial charge in [0.2, 0.25) is 0 Å². The van der Waals surface area contributed by atoms with Gasteiger partial charge in [-0.15, -0.1) is 0 Å². The minimum Gasteiger partial charge on any atom is -0.408 e. The molecule has 1 rings (SSSR count). The topological polar surface area (TPSA) is 54.0 Å². The average molecular weight is 250 g/mol. The second-order valence-corrected chi connectivity index (χ2v) is 4.66. The molecular weight excluding hydrogens is 238 g/mol. The molecule has 0 bridgehead atoms. The number of rotatable bonds is 5. The Kier molecular flexibility index (Phi) is 5.53. The van der Waals surface area contributed by atoms with Crippen molar-refractivity contribution in [2.75, 3.05) is 20.8 Å². The van der Waals surface area contributed by atoms with Crippen LogP contribution in [-0.4, -0.2) is 53.0 Å². The lowest BCUT2D eigenvalue weighted by molar-refractivity contribution is -0.0351. The van der Waals surface area contributed by atoms with Crippen LogP contribution < -0.4 is 0 Å². The Morgan fingerprint density at radius 1 is 1.40 bits per heavy atom. The summed E-state index contributed by atoms with van der Waals surface area (Å²) in [5, 5.41) is 0. The quantitative estimate of drug-likeness (QED) is 0.392. The molecule has 0 aromatic heterocycles. The second-order valence-electron chi connectivity index (χ2n) is 3.06. The first kappa shape index (κ1) is 13.4. The summed E-state index contributed by atoms with van der Waals surface area (Å²) in [6.07, 6.45) is -1.10. The van der Waals surface area contributed by atoms with E-state index in [0.29, 0.717) is 0 Å². The van der Waals surface area contributed by atoms with Crippen molar-refractivity contribution >= 4 is 27.3 Å². The Hall–Kier alpha value is 0.355. The molecule has 0 spiro atoms. The van der Waals surface area contributed by atoms with E-state index in [1.54, 1.807) is 0 Å². The molecular formula is C7H12BO5PS. The number of hydrogen-bond acceptors (Lipinski definition) is 6. The summed E-state index contributed by atoms with van der Waals surface area (Å²) in [7, 11) is 6.66. The molecule has 1 saturated heterocycles. The number of methoxy groups -OCH3 is 2. The summed E-state index contributed by atoms with van der Waals surface area (Å²) < 4.78 is 31.1. The molecule has 1 fully saturated rings. The zero-order valence-corrected chi connectivity index (χ0v) is 10.2. The Morgan fingerprint density at radius 2 is 2.00 bits per heavy atom. The van der Waals surface area contributed by atoms with Crippen LogP contribution in [0.3, 0.4) is 0 Å². The third-order valence-corrected chi connectivity index (χ3v) is 2.91. The van der Waals surface area contributed by atoms with Gasteiger partial charge in [0.05, 0.1) is 0 Å². The van der Waals surface area contributed by atoms with E-state index in [0.717, 1.165) is 0 Å². The second kappa shape index (κ2) is 6.18. The molecule has 15 heavy (non-hydrogen) atoms. The van der Waals surface area contributed by atoms with E-state index in [1.165, 1.54) is 14.2 Å². The zero-order valence-electron chi connectivity index (χ0n) is 8.49. The highest BCUT2D eigenvalue weighted by Gasteiger charge is 2.43. The van der Waals surface area contributed by atoms with E-state index >= 15 is 0 Å². The predicted octanol–water partition coefficient (Wildman–Crippen LogP) is 0.131. The molecule has 2 radical (unpaired) electrons. The van der Waals surface area contributed by atoms with Crippen LogP contribution in [0.4, 0.5) is 0 Å². The fourth-order valence-corrected chi connectivity index (χ4v) is 2.03. The van der Waals surface area contributed by atoms with E-state index in [2.05, 4.69) is 12.2 Å². The van der Waals surface area contributed by atoms with Crippen LogP contribution in [0, 0.1) is 0 Å². The standard InChI is InChI=1S/C7H12BO5PS/c1-10-5-4(3-12-14(9)15)13-7(8)6(5)11-2/h4-7H,3H2,1-2H3/t4-,5?,6+,7-/m1/s1. The summed E-state index contributed by atoms with van der Waals surface area (Å²) >= 11 is 4.40. The van der Waals surface area contributed by atoms with Crippen LogP contribution in [0.5, 0.6) is 0 Å². The first-order valence-corrected chi connectivity index (χ1v) is 6.53. The predicted molar refractivity (Wildman–Crippen MR) is 56.9 cm³/mol. The van der Waals surface area contributed by atoms with Gasteiger partial charge in [-0.25, -0.2) is 0 Å². The average Bonchev–Trinajstić information content (AvgIpc) is 2.50. The van der Waals surface area contributed by atoms with E-state index in [1.807, 2.05) is 0 Å². The largest absolute Gasteiger partial charge is 0.408 e. The lowest BCUT2D eigenvalue weighted by Crippen LogP contribution is -2.37. The van der Waals surface area contributed by atoms with Crippen LogP contribution >= 0.6 is 7.23 Å². The van der Waals surface area contributed by atoms with Crippen LogP contribution in [0.1, 0.15) is 0 Å². The molecule has 0 aromatic rings. The summed E-state index contributed by atoms with van der Waals surface area (Å²) in [5.41, 5.74) is 0. The molecule has 8 heteroatoms. The highest BCUT2D eigenvalue weighted by molar-refractivity contribution is 8.25. The Bertz CT molecular complexity index is 231. The lowest BCUT2D eigenvalue weighted by atomic mass is 9.93. The van der Waals surface area contributed by atoms with Gasteiger partial charge in [-0.05, 0) is 0 Å². The Balaban J connectivity index is 2.54. The highest BCUT2D eigenvalue weighted by Crippen LogP contribution is 2.27. The normalized spacial score (nSPS) is 36.9. The fourth-order valence-electron chi connectivity index (χ4n) is 1.58. The van der Waals surface area contributed by atoms with Gasteiger partial charge < -0.3 is 26.5 Å². The molecule has 0 amide bonds. The molecule has 5 nitrogen and oxygen atoms in total. The third kappa shape index (κ3) is 3.41. The molecule has 0 saturated carbocycles. The number of ether oxygens (including phenoxy) is 3. The summed E-state index contributed by atoms with van der Waals surface area (Å²) in [4.78, 5) is 0. The Morgan fingerprint density at radius 3 is 2.47 bits per heavy atom. The monoisotopic (exact) mass is 250 g/mol. The first-order chi connectivity index (χ1) is 7.10. The van der Waals surface area contributed by atoms with Crippen LogP contribution in [0.2, 0.25) is 0 Å². The van der Waals surface area contributed by atoms with Crippen molar-refractivity contribution in [3.05, 3.63) is 0 Å². The van der Waals surface area contributed by atoms with Gasteiger partial charge in [0, 0.05) is 20.2 Å². The van der Waals surface area contributed by atoms with Crippen molar-refractivity contribution in [2.24, 2.45) is 0 Å². The molecule has 84 valence electrons. The van der Waals surface area contributed by atoms with Crippen LogP contribution in [0.15, 0.2) is 0 Å². The molecule has 0 aliphatic carbocycles. The first-order valence-electron chi connectivity index (χ1n) is 4.34. The van der Waals surface area contributed by atoms with Gasteiger partial charge in [0.1, 0.15) is 32.8 Å². The maximum atomic E-state index is 10.6. The van der Waals surface area contributed by atoms with Crippen molar-refractivity contribution < 1.29 is 23.3 Å². The van der Waals surface area contributed by atoms with E-state index in [9.17, 15) is 4.57 Å². The lowest BCUT2D eigenvalue weighted by Gasteiger charge is -2.19. The molecule has 0 N–H and O–H groups in total. The smallest absolute Gasteiger partial charge is 0.372 e. The van der Waals surface area contributed by atoms with E-state index in [-0.39, 0.29) is 18.8 Å².